The Labute approximate surface area is 92.5 Å². The molecule has 82 valence electrons. The number of carbonyl (C=O) groups excluding carboxylic acids is 1. The minimum Gasteiger partial charge on any atom is -0.294 e. The zero-order chi connectivity index (χ0) is 11.3. The number of rotatable bonds is 5. The van der Waals surface area contributed by atoms with E-state index in [4.69, 9.17) is 0 Å². The Kier molecular flexibility index (Phi) is 4.54. The van der Waals surface area contributed by atoms with Gasteiger partial charge in [-0.25, -0.2) is 0 Å². The molecular formula is C14H20O. The quantitative estimate of drug-likeness (QED) is 0.665. The molecule has 1 aromatic rings. The standard InChI is InChI=1S/C14H20O/c1-4-12-7-5-6-8-13(12)14(15)10-9-11(2)3/h5-8,11H,4,9-10H2,1-3H3. The molecule has 15 heavy (non-hydrogen) atoms. The molecule has 0 saturated carbocycles. The molecule has 0 fully saturated rings. The van der Waals surface area contributed by atoms with Gasteiger partial charge in [-0.15, -0.1) is 0 Å². The number of hydrogen-bond acceptors (Lipinski definition) is 1. The normalized spacial score (nSPS) is 10.7. The maximum absolute atomic E-state index is 11.9. The van der Waals surface area contributed by atoms with Crippen molar-refractivity contribution in [1.82, 2.24) is 0 Å². The molecule has 0 unspecified atom stereocenters. The molecule has 0 aliphatic carbocycles. The number of carbonyl (C=O) groups is 1. The smallest absolute Gasteiger partial charge is 0.163 e. The highest BCUT2D eigenvalue weighted by Gasteiger charge is 2.09. The van der Waals surface area contributed by atoms with Crippen LogP contribution in [0.4, 0.5) is 0 Å². The Bertz CT molecular complexity index is 326. The first-order valence-electron chi connectivity index (χ1n) is 5.76. The zero-order valence-corrected chi connectivity index (χ0v) is 9.92. The van der Waals surface area contributed by atoms with Gasteiger partial charge in [0, 0.05) is 12.0 Å². The first-order valence-corrected chi connectivity index (χ1v) is 5.76. The Morgan fingerprint density at radius 2 is 1.93 bits per heavy atom. The van der Waals surface area contributed by atoms with Gasteiger partial charge in [0.25, 0.3) is 0 Å². The van der Waals surface area contributed by atoms with E-state index >= 15 is 0 Å². The molecule has 0 heterocycles. The lowest BCUT2D eigenvalue weighted by atomic mass is 9.96. The maximum atomic E-state index is 11.9. The van der Waals surface area contributed by atoms with Crippen molar-refractivity contribution in [3.63, 3.8) is 0 Å². The van der Waals surface area contributed by atoms with E-state index in [1.807, 2.05) is 24.3 Å². The largest absolute Gasteiger partial charge is 0.294 e. The number of ketones is 1. The second-order valence-corrected chi connectivity index (χ2v) is 4.37. The first-order chi connectivity index (χ1) is 7.15. The second-order valence-electron chi connectivity index (χ2n) is 4.37. The molecule has 0 bridgehead atoms. The number of aryl methyl sites for hydroxylation is 1. The molecule has 0 N–H and O–H groups in total. The van der Waals surface area contributed by atoms with Crippen LogP contribution in [-0.2, 0) is 6.42 Å². The predicted octanol–water partition coefficient (Wildman–Crippen LogP) is 3.87. The number of Topliss-reactive ketones (excluding diaryl/α,β-unsaturated/α-hetero) is 1. The molecule has 1 rings (SSSR count). The number of benzene rings is 1. The summed E-state index contributed by atoms with van der Waals surface area (Å²) in [6.45, 7) is 6.40. The van der Waals surface area contributed by atoms with Crippen molar-refractivity contribution in [2.24, 2.45) is 5.92 Å². The van der Waals surface area contributed by atoms with Gasteiger partial charge < -0.3 is 0 Å². The highest BCUT2D eigenvalue weighted by Crippen LogP contribution is 2.14. The van der Waals surface area contributed by atoms with E-state index in [9.17, 15) is 4.79 Å². The molecule has 0 aliphatic rings. The van der Waals surface area contributed by atoms with Crippen molar-refractivity contribution < 1.29 is 4.79 Å². The third-order valence-electron chi connectivity index (χ3n) is 2.65. The summed E-state index contributed by atoms with van der Waals surface area (Å²) >= 11 is 0. The molecule has 0 atom stereocenters. The van der Waals surface area contributed by atoms with E-state index in [1.165, 1.54) is 5.56 Å². The van der Waals surface area contributed by atoms with Gasteiger partial charge in [0.2, 0.25) is 0 Å². The molecule has 1 heteroatoms. The van der Waals surface area contributed by atoms with Crippen LogP contribution in [0, 0.1) is 5.92 Å². The summed E-state index contributed by atoms with van der Waals surface area (Å²) in [5, 5.41) is 0. The summed E-state index contributed by atoms with van der Waals surface area (Å²) in [5.41, 5.74) is 2.09. The first kappa shape index (κ1) is 12.0. The third kappa shape index (κ3) is 3.50. The predicted molar refractivity (Wildman–Crippen MR) is 64.2 cm³/mol. The van der Waals surface area contributed by atoms with Gasteiger partial charge in [-0.3, -0.25) is 4.79 Å². The number of hydrogen-bond donors (Lipinski definition) is 0. The second kappa shape index (κ2) is 5.69. The summed E-state index contributed by atoms with van der Waals surface area (Å²) in [6, 6.07) is 7.93. The van der Waals surface area contributed by atoms with E-state index in [0.717, 1.165) is 18.4 Å². The van der Waals surface area contributed by atoms with Gasteiger partial charge in [0.1, 0.15) is 0 Å². The van der Waals surface area contributed by atoms with Crippen molar-refractivity contribution in [3.8, 4) is 0 Å². The molecular weight excluding hydrogens is 184 g/mol. The van der Waals surface area contributed by atoms with Crippen molar-refractivity contribution >= 4 is 5.78 Å². The third-order valence-corrected chi connectivity index (χ3v) is 2.65. The molecule has 1 nitrogen and oxygen atoms in total. The molecule has 1 aromatic carbocycles. The van der Waals surface area contributed by atoms with Crippen molar-refractivity contribution in [2.75, 3.05) is 0 Å². The van der Waals surface area contributed by atoms with Crippen LogP contribution in [-0.4, -0.2) is 5.78 Å². The van der Waals surface area contributed by atoms with E-state index in [1.54, 1.807) is 0 Å². The van der Waals surface area contributed by atoms with Gasteiger partial charge in [-0.2, -0.15) is 0 Å². The topological polar surface area (TPSA) is 17.1 Å². The highest BCUT2D eigenvalue weighted by atomic mass is 16.1. The van der Waals surface area contributed by atoms with Gasteiger partial charge in [0.15, 0.2) is 5.78 Å². The SMILES string of the molecule is CCc1ccccc1C(=O)CCC(C)C. The van der Waals surface area contributed by atoms with E-state index < -0.39 is 0 Å². The van der Waals surface area contributed by atoms with Crippen molar-refractivity contribution in [1.29, 1.82) is 0 Å². The van der Waals surface area contributed by atoms with Crippen molar-refractivity contribution in [3.05, 3.63) is 35.4 Å². The maximum Gasteiger partial charge on any atom is 0.163 e. The van der Waals surface area contributed by atoms with Gasteiger partial charge in [0.05, 0.1) is 0 Å². The summed E-state index contributed by atoms with van der Waals surface area (Å²) in [7, 11) is 0. The van der Waals surface area contributed by atoms with Crippen LogP contribution in [0.2, 0.25) is 0 Å². The fourth-order valence-corrected chi connectivity index (χ4v) is 1.66. The van der Waals surface area contributed by atoms with E-state index in [-0.39, 0.29) is 0 Å². The van der Waals surface area contributed by atoms with Crippen LogP contribution in [0.25, 0.3) is 0 Å². The van der Waals surface area contributed by atoms with Crippen LogP contribution in [0.15, 0.2) is 24.3 Å². The van der Waals surface area contributed by atoms with E-state index in [0.29, 0.717) is 18.1 Å². The average Bonchev–Trinajstić information content (AvgIpc) is 2.25. The summed E-state index contributed by atoms with van der Waals surface area (Å²) in [4.78, 5) is 11.9. The molecule has 0 saturated heterocycles. The van der Waals surface area contributed by atoms with Gasteiger partial charge >= 0.3 is 0 Å². The lowest BCUT2D eigenvalue weighted by molar-refractivity contribution is 0.0974. The van der Waals surface area contributed by atoms with Gasteiger partial charge in [-0.1, -0.05) is 45.0 Å². The zero-order valence-electron chi connectivity index (χ0n) is 9.92. The lowest BCUT2D eigenvalue weighted by Gasteiger charge is -2.07. The minimum atomic E-state index is 0.293. The molecule has 0 amide bonds. The van der Waals surface area contributed by atoms with Crippen LogP contribution in [0.1, 0.15) is 49.5 Å². The summed E-state index contributed by atoms with van der Waals surface area (Å²) < 4.78 is 0. The van der Waals surface area contributed by atoms with Crippen LogP contribution in [0.5, 0.6) is 0 Å². The van der Waals surface area contributed by atoms with E-state index in [2.05, 4.69) is 20.8 Å². The Hall–Kier alpha value is -1.11. The molecule has 0 radical (unpaired) electrons. The Morgan fingerprint density at radius 3 is 2.53 bits per heavy atom. The highest BCUT2D eigenvalue weighted by molar-refractivity contribution is 5.97. The monoisotopic (exact) mass is 204 g/mol. The molecule has 0 spiro atoms. The van der Waals surface area contributed by atoms with Crippen molar-refractivity contribution in [2.45, 2.75) is 40.0 Å². The van der Waals surface area contributed by atoms with Gasteiger partial charge in [-0.05, 0) is 24.3 Å². The Morgan fingerprint density at radius 1 is 1.27 bits per heavy atom. The van der Waals surface area contributed by atoms with Crippen LogP contribution < -0.4 is 0 Å². The average molecular weight is 204 g/mol. The Balaban J connectivity index is 2.72. The fourth-order valence-electron chi connectivity index (χ4n) is 1.66. The van der Waals surface area contributed by atoms with Crippen LogP contribution >= 0.6 is 0 Å². The lowest BCUT2D eigenvalue weighted by Crippen LogP contribution is -2.04. The summed E-state index contributed by atoms with van der Waals surface area (Å²) in [6.07, 6.45) is 2.59. The minimum absolute atomic E-state index is 0.293. The molecule has 0 aliphatic heterocycles. The fraction of sp³-hybridized carbons (Fsp3) is 0.500. The summed E-state index contributed by atoms with van der Waals surface area (Å²) in [5.74, 6) is 0.892. The van der Waals surface area contributed by atoms with Crippen LogP contribution in [0.3, 0.4) is 0 Å². The molecule has 0 aromatic heterocycles.